The summed E-state index contributed by atoms with van der Waals surface area (Å²) in [5.41, 5.74) is 0. The smallest absolute Gasteiger partial charge is 0.223 e. The molecule has 8 heteroatoms. The number of ether oxygens (including phenoxy) is 2. The van der Waals surface area contributed by atoms with Gasteiger partial charge in [-0.05, 0) is 25.8 Å². The first-order chi connectivity index (χ1) is 13.7. The molecule has 2 heterocycles. The van der Waals surface area contributed by atoms with Gasteiger partial charge in [0.15, 0.2) is 0 Å². The Morgan fingerprint density at radius 1 is 1.18 bits per heavy atom. The minimum absolute atomic E-state index is 0.0272. The van der Waals surface area contributed by atoms with Crippen LogP contribution in [0.2, 0.25) is 0 Å². The Morgan fingerprint density at radius 3 is 2.64 bits per heavy atom. The summed E-state index contributed by atoms with van der Waals surface area (Å²) in [5.74, 6) is 0.0541. The van der Waals surface area contributed by atoms with Crippen LogP contribution in [0.15, 0.2) is 12.2 Å². The number of rotatable bonds is 9. The molecule has 1 saturated carbocycles. The Hall–Kier alpha value is -1.48. The minimum Gasteiger partial charge on any atom is -0.394 e. The number of amides is 2. The summed E-state index contributed by atoms with van der Waals surface area (Å²) in [6.45, 7) is 4.87. The van der Waals surface area contributed by atoms with Crippen LogP contribution in [0.3, 0.4) is 0 Å². The van der Waals surface area contributed by atoms with Crippen LogP contribution in [-0.2, 0) is 19.1 Å². The zero-order valence-electron chi connectivity index (χ0n) is 16.5. The molecule has 0 aromatic heterocycles. The molecule has 0 spiro atoms. The molecule has 3 aliphatic rings. The van der Waals surface area contributed by atoms with E-state index in [0.717, 1.165) is 58.5 Å². The van der Waals surface area contributed by atoms with E-state index in [9.17, 15) is 14.7 Å². The molecule has 0 radical (unpaired) electrons. The lowest BCUT2D eigenvalue weighted by molar-refractivity contribution is -0.131. The lowest BCUT2D eigenvalue weighted by atomic mass is 9.84. The average molecular weight is 396 g/mol. The minimum atomic E-state index is -0.520. The van der Waals surface area contributed by atoms with Crippen LogP contribution in [0.4, 0.5) is 0 Å². The number of nitrogens with one attached hydrogen (secondary N) is 2. The van der Waals surface area contributed by atoms with Gasteiger partial charge in [0.1, 0.15) is 6.10 Å². The van der Waals surface area contributed by atoms with Crippen LogP contribution in [0.25, 0.3) is 0 Å². The van der Waals surface area contributed by atoms with Crippen LogP contribution in [0, 0.1) is 5.92 Å². The summed E-state index contributed by atoms with van der Waals surface area (Å²) in [6.07, 6.45) is 6.84. The molecular weight excluding hydrogens is 362 g/mol. The molecule has 28 heavy (non-hydrogen) atoms. The molecule has 3 N–H and O–H groups in total. The van der Waals surface area contributed by atoms with Crippen molar-refractivity contribution in [3.05, 3.63) is 12.2 Å². The van der Waals surface area contributed by atoms with Gasteiger partial charge in [0.05, 0.1) is 38.4 Å². The third-order valence-electron chi connectivity index (χ3n) is 5.71. The molecule has 8 nitrogen and oxygen atoms in total. The Labute approximate surface area is 166 Å². The third kappa shape index (κ3) is 6.27. The molecule has 2 aliphatic heterocycles. The lowest BCUT2D eigenvalue weighted by Gasteiger charge is -2.33. The van der Waals surface area contributed by atoms with Crippen molar-refractivity contribution < 1.29 is 24.2 Å². The van der Waals surface area contributed by atoms with E-state index in [-0.39, 0.29) is 42.9 Å². The van der Waals surface area contributed by atoms with Gasteiger partial charge in [0, 0.05) is 25.6 Å². The number of aliphatic hydroxyl groups is 1. The van der Waals surface area contributed by atoms with Gasteiger partial charge in [-0.3, -0.25) is 14.5 Å². The molecule has 2 amide bonds. The SMILES string of the molecule is O=C(C[C@@H]1C=C[C@H](NC(=O)C2CCC2)[C@H](CO)O1)NCCCN1CCOCC1. The monoisotopic (exact) mass is 395 g/mol. The summed E-state index contributed by atoms with van der Waals surface area (Å²) in [5, 5.41) is 15.5. The summed E-state index contributed by atoms with van der Waals surface area (Å²) in [4.78, 5) is 26.6. The van der Waals surface area contributed by atoms with Crippen molar-refractivity contribution in [3.63, 3.8) is 0 Å². The van der Waals surface area contributed by atoms with E-state index in [1.54, 1.807) is 0 Å². The second-order valence-corrected chi connectivity index (χ2v) is 7.80. The molecule has 3 rings (SSSR count). The number of nitrogens with zero attached hydrogens (tertiary/aromatic N) is 1. The molecule has 0 unspecified atom stereocenters. The maximum atomic E-state index is 12.2. The van der Waals surface area contributed by atoms with Crippen LogP contribution in [0.5, 0.6) is 0 Å². The van der Waals surface area contributed by atoms with Gasteiger partial charge >= 0.3 is 0 Å². The standard InChI is InChI=1S/C20H33N3O5/c24-14-18-17(22-20(26)15-3-1-4-15)6-5-16(28-18)13-19(25)21-7-2-8-23-9-11-27-12-10-23/h5-6,15-18,24H,1-4,7-14H2,(H,21,25)(H,22,26)/t16-,17-,18-/m0/s1. The normalized spacial score (nSPS) is 28.5. The van der Waals surface area contributed by atoms with Gasteiger partial charge in [-0.1, -0.05) is 18.6 Å². The molecule has 3 atom stereocenters. The predicted octanol–water partition coefficient (Wildman–Crippen LogP) is -0.184. The zero-order chi connectivity index (χ0) is 19.8. The van der Waals surface area contributed by atoms with Gasteiger partial charge in [0.2, 0.25) is 11.8 Å². The summed E-state index contributed by atoms with van der Waals surface area (Å²) in [6, 6.07) is -0.342. The van der Waals surface area contributed by atoms with E-state index in [0.29, 0.717) is 6.54 Å². The number of carbonyl (C=O) groups is 2. The Morgan fingerprint density at radius 2 is 1.96 bits per heavy atom. The Kier molecular flexibility index (Phi) is 8.27. The van der Waals surface area contributed by atoms with E-state index in [1.165, 1.54) is 0 Å². The first-order valence-corrected chi connectivity index (χ1v) is 10.5. The van der Waals surface area contributed by atoms with Crippen molar-refractivity contribution in [2.75, 3.05) is 46.0 Å². The number of hydrogen-bond acceptors (Lipinski definition) is 6. The van der Waals surface area contributed by atoms with E-state index >= 15 is 0 Å². The highest BCUT2D eigenvalue weighted by molar-refractivity contribution is 5.80. The molecule has 158 valence electrons. The first-order valence-electron chi connectivity index (χ1n) is 10.5. The van der Waals surface area contributed by atoms with Crippen LogP contribution < -0.4 is 10.6 Å². The summed E-state index contributed by atoms with van der Waals surface area (Å²) >= 11 is 0. The van der Waals surface area contributed by atoms with E-state index in [2.05, 4.69) is 15.5 Å². The Balaban J connectivity index is 1.35. The molecule has 1 aliphatic carbocycles. The number of hydrogen-bond donors (Lipinski definition) is 3. The average Bonchev–Trinajstić information content (AvgIpc) is 2.66. The number of carbonyl (C=O) groups excluding carboxylic acids is 2. The fourth-order valence-corrected chi connectivity index (χ4v) is 3.70. The third-order valence-corrected chi connectivity index (χ3v) is 5.71. The lowest BCUT2D eigenvalue weighted by Crippen LogP contribution is -2.51. The van der Waals surface area contributed by atoms with E-state index in [4.69, 9.17) is 9.47 Å². The quantitative estimate of drug-likeness (QED) is 0.370. The van der Waals surface area contributed by atoms with E-state index < -0.39 is 6.10 Å². The fourth-order valence-electron chi connectivity index (χ4n) is 3.70. The second-order valence-electron chi connectivity index (χ2n) is 7.80. The van der Waals surface area contributed by atoms with Gasteiger partial charge in [0.25, 0.3) is 0 Å². The molecule has 0 bridgehead atoms. The number of morpholine rings is 1. The van der Waals surface area contributed by atoms with Crippen molar-refractivity contribution in [3.8, 4) is 0 Å². The first kappa shape index (κ1) is 21.2. The second kappa shape index (κ2) is 10.9. The highest BCUT2D eigenvalue weighted by Crippen LogP contribution is 2.27. The van der Waals surface area contributed by atoms with Gasteiger partial charge in [-0.25, -0.2) is 0 Å². The van der Waals surface area contributed by atoms with Crippen LogP contribution in [0.1, 0.15) is 32.1 Å². The van der Waals surface area contributed by atoms with Crippen molar-refractivity contribution in [2.45, 2.75) is 50.4 Å². The summed E-state index contributed by atoms with van der Waals surface area (Å²) in [7, 11) is 0. The maximum absolute atomic E-state index is 12.2. The Bertz CT molecular complexity index is 546. The highest BCUT2D eigenvalue weighted by Gasteiger charge is 2.32. The molecule has 2 fully saturated rings. The fraction of sp³-hybridized carbons (Fsp3) is 0.800. The summed E-state index contributed by atoms with van der Waals surface area (Å²) < 4.78 is 11.1. The zero-order valence-corrected chi connectivity index (χ0v) is 16.5. The van der Waals surface area contributed by atoms with Crippen molar-refractivity contribution in [2.24, 2.45) is 5.92 Å². The van der Waals surface area contributed by atoms with Gasteiger partial charge in [-0.15, -0.1) is 0 Å². The van der Waals surface area contributed by atoms with Crippen molar-refractivity contribution >= 4 is 11.8 Å². The highest BCUT2D eigenvalue weighted by atomic mass is 16.5. The van der Waals surface area contributed by atoms with Gasteiger partial charge < -0.3 is 25.2 Å². The topological polar surface area (TPSA) is 100 Å². The molecule has 1 saturated heterocycles. The predicted molar refractivity (Wildman–Crippen MR) is 104 cm³/mol. The van der Waals surface area contributed by atoms with Crippen molar-refractivity contribution in [1.29, 1.82) is 0 Å². The van der Waals surface area contributed by atoms with Gasteiger partial charge in [-0.2, -0.15) is 0 Å². The largest absolute Gasteiger partial charge is 0.394 e. The molecule has 0 aromatic rings. The number of aliphatic hydroxyl groups excluding tert-OH is 1. The van der Waals surface area contributed by atoms with Crippen LogP contribution >= 0.6 is 0 Å². The molecular formula is C20H33N3O5. The van der Waals surface area contributed by atoms with Crippen LogP contribution in [-0.4, -0.2) is 86.1 Å². The van der Waals surface area contributed by atoms with Crippen molar-refractivity contribution in [1.82, 2.24) is 15.5 Å². The molecule has 0 aromatic carbocycles. The van der Waals surface area contributed by atoms with E-state index in [1.807, 2.05) is 12.2 Å². The maximum Gasteiger partial charge on any atom is 0.223 e.